The van der Waals surface area contributed by atoms with E-state index < -0.39 is 5.97 Å². The molecule has 2 atom stereocenters. The highest BCUT2D eigenvalue weighted by atomic mass is 16.5. The van der Waals surface area contributed by atoms with Gasteiger partial charge in [0.15, 0.2) is 0 Å². The predicted molar refractivity (Wildman–Crippen MR) is 150 cm³/mol. The highest BCUT2D eigenvalue weighted by Gasteiger charge is 2.24. The Labute approximate surface area is 218 Å². The molecule has 0 bridgehead atoms. The summed E-state index contributed by atoms with van der Waals surface area (Å²) in [5.41, 5.74) is 0.913. The molecule has 2 rings (SSSR count). The Morgan fingerprint density at radius 1 is 0.917 bits per heavy atom. The lowest BCUT2D eigenvalue weighted by Crippen LogP contribution is -2.41. The first-order valence-corrected chi connectivity index (χ1v) is 14.4. The number of hydrogen-bond donors (Lipinski definition) is 1. The number of para-hydroxylation sites is 2. The molecule has 0 saturated heterocycles. The zero-order chi connectivity index (χ0) is 26.3. The first-order valence-electron chi connectivity index (χ1n) is 14.4. The van der Waals surface area contributed by atoms with E-state index in [0.29, 0.717) is 17.6 Å². The highest BCUT2D eigenvalue weighted by molar-refractivity contribution is 5.89. The van der Waals surface area contributed by atoms with Crippen molar-refractivity contribution < 1.29 is 9.53 Å². The number of hydrogen-bond acceptors (Lipinski definition) is 5. The van der Waals surface area contributed by atoms with Crippen LogP contribution in [-0.4, -0.2) is 34.2 Å². The number of esters is 1. The minimum atomic E-state index is -0.651. The van der Waals surface area contributed by atoms with Crippen LogP contribution in [0.25, 0.3) is 11.0 Å². The van der Waals surface area contributed by atoms with Crippen LogP contribution in [0.2, 0.25) is 0 Å². The summed E-state index contributed by atoms with van der Waals surface area (Å²) in [6.45, 7) is 10.8. The number of ether oxygens (including phenoxy) is 1. The molecular weight excluding hydrogens is 450 g/mol. The Bertz CT molecular complexity index is 962. The molecule has 6 heteroatoms. The lowest BCUT2D eigenvalue weighted by molar-refractivity contribution is 0.0516. The summed E-state index contributed by atoms with van der Waals surface area (Å²) in [7, 11) is 0. The molecule has 36 heavy (non-hydrogen) atoms. The van der Waals surface area contributed by atoms with E-state index in [9.17, 15) is 9.59 Å². The van der Waals surface area contributed by atoms with E-state index in [2.05, 4.69) is 38.0 Å². The van der Waals surface area contributed by atoms with Gasteiger partial charge in [-0.3, -0.25) is 4.79 Å². The number of unbranched alkanes of at least 4 members (excludes halogenated alkanes) is 5. The lowest BCUT2D eigenvalue weighted by Gasteiger charge is -2.29. The van der Waals surface area contributed by atoms with Gasteiger partial charge in [0.2, 0.25) is 5.69 Å². The van der Waals surface area contributed by atoms with Gasteiger partial charge in [0, 0.05) is 18.1 Å². The van der Waals surface area contributed by atoms with Crippen LogP contribution in [-0.2, 0) is 4.74 Å². The number of rotatable bonds is 18. The smallest absolute Gasteiger partial charge is 0.362 e. The first-order chi connectivity index (χ1) is 17.5. The second kappa shape index (κ2) is 16.5. The van der Waals surface area contributed by atoms with Crippen molar-refractivity contribution in [3.63, 3.8) is 0 Å². The molecule has 0 aliphatic rings. The van der Waals surface area contributed by atoms with Gasteiger partial charge in [-0.05, 0) is 51.7 Å². The maximum absolute atomic E-state index is 13.5. The van der Waals surface area contributed by atoms with Crippen LogP contribution in [0.5, 0.6) is 0 Å². The third kappa shape index (κ3) is 9.02. The van der Waals surface area contributed by atoms with Crippen molar-refractivity contribution in [2.45, 2.75) is 130 Å². The van der Waals surface area contributed by atoms with E-state index in [1.54, 1.807) is 11.5 Å². The molecule has 1 N–H and O–H groups in total. The van der Waals surface area contributed by atoms with Gasteiger partial charge in [-0.1, -0.05) is 84.3 Å². The van der Waals surface area contributed by atoms with Gasteiger partial charge >= 0.3 is 5.97 Å². The quantitative estimate of drug-likeness (QED) is 0.173. The molecule has 1 aromatic carbocycles. The molecule has 2 unspecified atom stereocenters. The molecule has 0 amide bonds. The number of carbonyl (C=O) groups is 1. The fourth-order valence-corrected chi connectivity index (χ4v) is 5.09. The third-order valence-electron chi connectivity index (χ3n) is 7.02. The minimum Gasteiger partial charge on any atom is -0.461 e. The Morgan fingerprint density at radius 3 is 2.14 bits per heavy atom. The van der Waals surface area contributed by atoms with Gasteiger partial charge in [-0.15, -0.1) is 0 Å². The summed E-state index contributed by atoms with van der Waals surface area (Å²) in [6, 6.07) is 8.32. The number of nitrogens with one attached hydrogen (secondary N) is 1. The Balaban J connectivity index is 2.33. The Kier molecular flexibility index (Phi) is 13.8. The van der Waals surface area contributed by atoms with E-state index in [-0.39, 0.29) is 23.9 Å². The predicted octanol–water partition coefficient (Wildman–Crippen LogP) is 7.20. The van der Waals surface area contributed by atoms with Crippen molar-refractivity contribution in [3.8, 4) is 0 Å². The van der Waals surface area contributed by atoms with E-state index in [4.69, 9.17) is 4.74 Å². The van der Waals surface area contributed by atoms with Gasteiger partial charge in [-0.25, -0.2) is 9.78 Å². The zero-order valence-electron chi connectivity index (χ0n) is 23.4. The third-order valence-corrected chi connectivity index (χ3v) is 7.02. The van der Waals surface area contributed by atoms with Crippen LogP contribution >= 0.6 is 0 Å². The summed E-state index contributed by atoms with van der Waals surface area (Å²) in [4.78, 5) is 30.4. The Morgan fingerprint density at radius 2 is 1.53 bits per heavy atom. The molecule has 0 aliphatic heterocycles. The van der Waals surface area contributed by atoms with Gasteiger partial charge in [0.1, 0.15) is 0 Å². The average Bonchev–Trinajstić information content (AvgIpc) is 2.87. The maximum atomic E-state index is 13.5. The van der Waals surface area contributed by atoms with Crippen molar-refractivity contribution >= 4 is 17.0 Å². The van der Waals surface area contributed by atoms with E-state index in [0.717, 1.165) is 31.2 Å². The minimum absolute atomic E-state index is 0.0835. The SMILES string of the molecule is CCCCCC(CCCCC)NC(CCCC)CC(C)n1c(=O)c(C(=O)OCC)nc2ccccc21. The van der Waals surface area contributed by atoms with Crippen LogP contribution in [0.1, 0.15) is 128 Å². The molecule has 0 radical (unpaired) electrons. The standard InChI is InChI=1S/C30H49N3O3/c1-6-10-13-18-24(19-14-11-7-2)31-25(17-12-8-3)22-23(5)33-27-21-16-15-20-26(27)32-28(29(33)34)30(35)36-9-4/h15-16,20-21,23-25,31H,6-14,17-19,22H2,1-5H3. The van der Waals surface area contributed by atoms with Crippen LogP contribution in [0, 0.1) is 0 Å². The summed E-state index contributed by atoms with van der Waals surface area (Å²) in [5.74, 6) is -0.651. The normalized spacial score (nSPS) is 13.3. The van der Waals surface area contributed by atoms with Crippen molar-refractivity contribution in [1.82, 2.24) is 14.9 Å². The lowest BCUT2D eigenvalue weighted by atomic mass is 9.97. The largest absolute Gasteiger partial charge is 0.461 e. The summed E-state index contributed by atoms with van der Waals surface area (Å²) < 4.78 is 6.91. The topological polar surface area (TPSA) is 73.2 Å². The van der Waals surface area contributed by atoms with Gasteiger partial charge in [-0.2, -0.15) is 0 Å². The molecule has 2 aromatic rings. The van der Waals surface area contributed by atoms with Crippen molar-refractivity contribution in [1.29, 1.82) is 0 Å². The molecule has 0 fully saturated rings. The second-order valence-corrected chi connectivity index (χ2v) is 10.1. The van der Waals surface area contributed by atoms with Crippen LogP contribution < -0.4 is 10.9 Å². The van der Waals surface area contributed by atoms with E-state index >= 15 is 0 Å². The zero-order valence-corrected chi connectivity index (χ0v) is 23.4. The van der Waals surface area contributed by atoms with Gasteiger partial charge in [0.25, 0.3) is 5.56 Å². The van der Waals surface area contributed by atoms with Crippen LogP contribution in [0.15, 0.2) is 29.1 Å². The van der Waals surface area contributed by atoms with Crippen molar-refractivity contribution in [3.05, 3.63) is 40.3 Å². The molecule has 0 saturated carbocycles. The van der Waals surface area contributed by atoms with E-state index in [1.165, 1.54) is 51.4 Å². The number of nitrogens with zero attached hydrogens (tertiary/aromatic N) is 2. The maximum Gasteiger partial charge on any atom is 0.362 e. The number of carbonyl (C=O) groups excluding carboxylic acids is 1. The molecule has 6 nitrogen and oxygen atoms in total. The molecular formula is C30H49N3O3. The average molecular weight is 500 g/mol. The Hall–Kier alpha value is -2.21. The summed E-state index contributed by atoms with van der Waals surface area (Å²) >= 11 is 0. The molecule has 0 aliphatic carbocycles. The van der Waals surface area contributed by atoms with Gasteiger partial charge in [0.05, 0.1) is 17.6 Å². The van der Waals surface area contributed by atoms with E-state index in [1.807, 2.05) is 24.3 Å². The summed E-state index contributed by atoms with van der Waals surface area (Å²) in [6.07, 6.45) is 14.2. The molecule has 202 valence electrons. The molecule has 1 heterocycles. The fraction of sp³-hybridized carbons (Fsp3) is 0.700. The first kappa shape index (κ1) is 30.0. The van der Waals surface area contributed by atoms with Crippen LogP contribution in [0.4, 0.5) is 0 Å². The molecule has 1 aromatic heterocycles. The van der Waals surface area contributed by atoms with Crippen molar-refractivity contribution in [2.24, 2.45) is 0 Å². The number of fused-ring (bicyclic) bond motifs is 1. The van der Waals surface area contributed by atoms with Gasteiger partial charge < -0.3 is 14.6 Å². The number of benzene rings is 1. The second-order valence-electron chi connectivity index (χ2n) is 10.1. The molecule has 0 spiro atoms. The summed E-state index contributed by atoms with van der Waals surface area (Å²) in [5, 5.41) is 4.01. The van der Waals surface area contributed by atoms with Crippen LogP contribution in [0.3, 0.4) is 0 Å². The highest BCUT2D eigenvalue weighted by Crippen LogP contribution is 2.22. The fourth-order valence-electron chi connectivity index (χ4n) is 5.09. The monoisotopic (exact) mass is 499 g/mol. The number of aromatic nitrogens is 2. The van der Waals surface area contributed by atoms with Crippen molar-refractivity contribution in [2.75, 3.05) is 6.61 Å².